The Bertz CT molecular complexity index is 995. The predicted molar refractivity (Wildman–Crippen MR) is 109 cm³/mol. The van der Waals surface area contributed by atoms with Crippen molar-refractivity contribution in [1.29, 1.82) is 0 Å². The SMILES string of the molecule is CN1C(=O)CN(Cc2ccc(-c3ccc(NCC4CC4)c(N)c3Cl)c(F)n2)C1=O. The number of hydrogen-bond donors (Lipinski definition) is 2. The van der Waals surface area contributed by atoms with Crippen LogP contribution in [0.1, 0.15) is 18.5 Å². The fourth-order valence-electron chi connectivity index (χ4n) is 3.27. The van der Waals surface area contributed by atoms with E-state index in [1.54, 1.807) is 24.3 Å². The smallest absolute Gasteiger partial charge is 0.327 e. The highest BCUT2D eigenvalue weighted by atomic mass is 35.5. The van der Waals surface area contributed by atoms with E-state index in [0.717, 1.165) is 17.1 Å². The van der Waals surface area contributed by atoms with Crippen molar-refractivity contribution in [3.8, 4) is 11.1 Å². The lowest BCUT2D eigenvalue weighted by Crippen LogP contribution is -2.29. The van der Waals surface area contributed by atoms with Gasteiger partial charge in [0.1, 0.15) is 6.54 Å². The molecule has 0 atom stereocenters. The third-order valence-corrected chi connectivity index (χ3v) is 5.67. The summed E-state index contributed by atoms with van der Waals surface area (Å²) in [5, 5.41) is 3.55. The van der Waals surface area contributed by atoms with Crippen molar-refractivity contribution in [2.24, 2.45) is 5.92 Å². The summed E-state index contributed by atoms with van der Waals surface area (Å²) in [5.41, 5.74) is 8.26. The van der Waals surface area contributed by atoms with Crippen LogP contribution in [0.2, 0.25) is 5.02 Å². The number of carbonyl (C=O) groups excluding carboxylic acids is 2. The van der Waals surface area contributed by atoms with E-state index in [4.69, 9.17) is 17.3 Å². The Morgan fingerprint density at radius 2 is 1.97 bits per heavy atom. The zero-order valence-corrected chi connectivity index (χ0v) is 16.7. The number of urea groups is 1. The molecule has 2 fully saturated rings. The van der Waals surface area contributed by atoms with Crippen LogP contribution in [0.3, 0.4) is 0 Å². The van der Waals surface area contributed by atoms with Gasteiger partial charge in [-0.15, -0.1) is 0 Å². The average molecular weight is 418 g/mol. The number of aromatic nitrogens is 1. The molecule has 1 saturated heterocycles. The first-order chi connectivity index (χ1) is 13.8. The summed E-state index contributed by atoms with van der Waals surface area (Å²) < 4.78 is 14.7. The Labute approximate surface area is 172 Å². The molecule has 1 aliphatic heterocycles. The van der Waals surface area contributed by atoms with Crippen LogP contribution in [0.15, 0.2) is 24.3 Å². The van der Waals surface area contributed by atoms with Gasteiger partial charge in [-0.3, -0.25) is 9.69 Å². The molecule has 1 saturated carbocycles. The zero-order chi connectivity index (χ0) is 20.7. The van der Waals surface area contributed by atoms with Gasteiger partial charge in [0.2, 0.25) is 11.9 Å². The Morgan fingerprint density at radius 1 is 1.24 bits per heavy atom. The summed E-state index contributed by atoms with van der Waals surface area (Å²) in [7, 11) is 1.41. The molecule has 3 N–H and O–H groups in total. The quantitative estimate of drug-likeness (QED) is 0.427. The Kier molecular flexibility index (Phi) is 5.04. The maximum atomic E-state index is 14.7. The molecule has 0 unspecified atom stereocenters. The van der Waals surface area contributed by atoms with Crippen LogP contribution in [0.25, 0.3) is 11.1 Å². The number of carbonyl (C=O) groups is 2. The molecule has 29 heavy (non-hydrogen) atoms. The van der Waals surface area contributed by atoms with Crippen LogP contribution in [-0.4, -0.2) is 46.9 Å². The van der Waals surface area contributed by atoms with Gasteiger partial charge in [0, 0.05) is 24.7 Å². The third kappa shape index (κ3) is 3.85. The summed E-state index contributed by atoms with van der Waals surface area (Å²) >= 11 is 6.41. The van der Waals surface area contributed by atoms with E-state index in [1.807, 2.05) is 0 Å². The van der Waals surface area contributed by atoms with Crippen molar-refractivity contribution >= 4 is 34.9 Å². The summed E-state index contributed by atoms with van der Waals surface area (Å²) in [4.78, 5) is 29.9. The molecule has 1 aliphatic carbocycles. The average Bonchev–Trinajstić information content (AvgIpc) is 3.49. The molecule has 2 aromatic rings. The number of benzene rings is 1. The number of nitrogen functional groups attached to an aromatic ring is 1. The highest BCUT2D eigenvalue weighted by Gasteiger charge is 2.33. The number of rotatable bonds is 6. The number of nitrogens with one attached hydrogen (secondary N) is 1. The molecule has 0 radical (unpaired) electrons. The number of amides is 3. The number of hydrogen-bond acceptors (Lipinski definition) is 5. The number of pyridine rings is 1. The molecule has 0 bridgehead atoms. The topological polar surface area (TPSA) is 91.6 Å². The second kappa shape index (κ2) is 7.51. The van der Waals surface area contributed by atoms with Crippen molar-refractivity contribution in [2.45, 2.75) is 19.4 Å². The predicted octanol–water partition coefficient (Wildman–Crippen LogP) is 3.34. The van der Waals surface area contributed by atoms with Crippen LogP contribution in [0.5, 0.6) is 0 Å². The van der Waals surface area contributed by atoms with E-state index in [9.17, 15) is 14.0 Å². The highest BCUT2D eigenvalue weighted by molar-refractivity contribution is 6.36. The van der Waals surface area contributed by atoms with E-state index >= 15 is 0 Å². The normalized spacial score (nSPS) is 16.7. The second-order valence-electron chi connectivity index (χ2n) is 7.44. The molecule has 3 amide bonds. The van der Waals surface area contributed by atoms with Crippen LogP contribution >= 0.6 is 11.6 Å². The van der Waals surface area contributed by atoms with Crippen LogP contribution < -0.4 is 11.1 Å². The summed E-state index contributed by atoms with van der Waals surface area (Å²) in [6, 6.07) is 6.25. The second-order valence-corrected chi connectivity index (χ2v) is 7.82. The van der Waals surface area contributed by atoms with Gasteiger partial charge in [0.15, 0.2) is 0 Å². The largest absolute Gasteiger partial charge is 0.396 e. The number of halogens is 2. The molecule has 0 spiro atoms. The van der Waals surface area contributed by atoms with Crippen molar-refractivity contribution in [3.63, 3.8) is 0 Å². The van der Waals surface area contributed by atoms with Gasteiger partial charge < -0.3 is 16.0 Å². The maximum absolute atomic E-state index is 14.7. The van der Waals surface area contributed by atoms with Crippen molar-refractivity contribution < 1.29 is 14.0 Å². The Hall–Kier alpha value is -2.87. The first-order valence-corrected chi connectivity index (χ1v) is 9.76. The molecule has 2 heterocycles. The van der Waals surface area contributed by atoms with Crippen LogP contribution in [-0.2, 0) is 11.3 Å². The first kappa shape index (κ1) is 19.4. The molecular formula is C20H21ClFN5O2. The van der Waals surface area contributed by atoms with Crippen LogP contribution in [0.4, 0.5) is 20.6 Å². The molecule has 152 valence electrons. The molecule has 4 rings (SSSR count). The summed E-state index contributed by atoms with van der Waals surface area (Å²) in [6.07, 6.45) is 2.44. The lowest BCUT2D eigenvalue weighted by atomic mass is 10.0. The lowest BCUT2D eigenvalue weighted by Gasteiger charge is -2.16. The minimum absolute atomic E-state index is 0.0436. The number of imide groups is 1. The summed E-state index contributed by atoms with van der Waals surface area (Å²) in [5.74, 6) is -0.335. The van der Waals surface area contributed by atoms with Gasteiger partial charge in [0.05, 0.1) is 28.6 Å². The minimum Gasteiger partial charge on any atom is -0.396 e. The molecule has 1 aromatic heterocycles. The van der Waals surface area contributed by atoms with Gasteiger partial charge in [-0.1, -0.05) is 17.7 Å². The van der Waals surface area contributed by atoms with Gasteiger partial charge >= 0.3 is 6.03 Å². The Morgan fingerprint density at radius 3 is 2.59 bits per heavy atom. The molecular weight excluding hydrogens is 397 g/mol. The standard InChI is InChI=1S/C20H21ClFN5O2/c1-26-16(28)10-27(20(26)29)9-12-4-5-14(19(22)25-12)13-6-7-15(18(23)17(13)21)24-8-11-2-3-11/h4-7,11,24H,2-3,8-10,23H2,1H3. The number of nitrogens with zero attached hydrogens (tertiary/aromatic N) is 3. The van der Waals surface area contributed by atoms with E-state index in [0.29, 0.717) is 22.9 Å². The lowest BCUT2D eigenvalue weighted by molar-refractivity contribution is -0.124. The number of anilines is 2. The van der Waals surface area contributed by atoms with Gasteiger partial charge in [-0.2, -0.15) is 4.39 Å². The molecule has 2 aliphatic rings. The monoisotopic (exact) mass is 417 g/mol. The first-order valence-electron chi connectivity index (χ1n) is 9.38. The molecule has 1 aromatic carbocycles. The Balaban J connectivity index is 1.54. The van der Waals surface area contributed by atoms with Crippen molar-refractivity contribution in [2.75, 3.05) is 31.2 Å². The van der Waals surface area contributed by atoms with E-state index in [-0.39, 0.29) is 29.6 Å². The number of likely N-dealkylation sites (N-methyl/N-ethyl adjacent to an activating group) is 1. The van der Waals surface area contributed by atoms with Gasteiger partial charge in [0.25, 0.3) is 0 Å². The van der Waals surface area contributed by atoms with E-state index in [2.05, 4.69) is 10.3 Å². The van der Waals surface area contributed by atoms with E-state index in [1.165, 1.54) is 24.8 Å². The molecule has 9 heteroatoms. The highest BCUT2D eigenvalue weighted by Crippen LogP contribution is 2.38. The van der Waals surface area contributed by atoms with E-state index < -0.39 is 12.0 Å². The van der Waals surface area contributed by atoms with Crippen LogP contribution in [0, 0.1) is 11.9 Å². The third-order valence-electron chi connectivity index (χ3n) is 5.26. The fraction of sp³-hybridized carbons (Fsp3) is 0.350. The van der Waals surface area contributed by atoms with Crippen molar-refractivity contribution in [3.05, 3.63) is 40.9 Å². The minimum atomic E-state index is -0.714. The summed E-state index contributed by atoms with van der Waals surface area (Å²) in [6.45, 7) is 0.849. The van der Waals surface area contributed by atoms with Gasteiger partial charge in [-0.25, -0.2) is 9.78 Å². The maximum Gasteiger partial charge on any atom is 0.327 e. The zero-order valence-electron chi connectivity index (χ0n) is 15.9. The van der Waals surface area contributed by atoms with Crippen molar-refractivity contribution in [1.82, 2.24) is 14.8 Å². The molecule has 7 nitrogen and oxygen atoms in total. The number of nitrogens with two attached hydrogens (primary N) is 1. The fourth-order valence-corrected chi connectivity index (χ4v) is 3.53. The van der Waals surface area contributed by atoms with Gasteiger partial charge in [-0.05, 0) is 37.0 Å².